The third-order valence-corrected chi connectivity index (χ3v) is 3.94. The van der Waals surface area contributed by atoms with E-state index in [1.807, 2.05) is 0 Å². The molecule has 0 bridgehead atoms. The van der Waals surface area contributed by atoms with Crippen molar-refractivity contribution in [2.24, 2.45) is 4.99 Å². The molecule has 0 fully saturated rings. The number of benzene rings is 3. The molecule has 0 amide bonds. The Hall–Kier alpha value is -2.36. The summed E-state index contributed by atoms with van der Waals surface area (Å²) in [5.41, 5.74) is -1.94. The van der Waals surface area contributed by atoms with Gasteiger partial charge < -0.3 is 5.11 Å². The van der Waals surface area contributed by atoms with Crippen LogP contribution in [0.3, 0.4) is 0 Å². The Kier molecular flexibility index (Phi) is 9.30. The van der Waals surface area contributed by atoms with Crippen LogP contribution in [-0.4, -0.2) is 16.2 Å². The minimum atomic E-state index is -2.34. The van der Waals surface area contributed by atoms with Crippen molar-refractivity contribution >= 4 is 34.6 Å². The third-order valence-electron chi connectivity index (χ3n) is 3.94. The number of phenolic OH excluding ortho intramolecular Hbond substituents is 1. The van der Waals surface area contributed by atoms with Crippen LogP contribution in [0.2, 0.25) is 0 Å². The van der Waals surface area contributed by atoms with E-state index in [1.165, 1.54) is 0 Å². The molecule has 1 N–H and O–H groups in total. The van der Waals surface area contributed by atoms with Crippen molar-refractivity contribution in [2.75, 3.05) is 0 Å². The van der Waals surface area contributed by atoms with Gasteiger partial charge in [0, 0.05) is 29.5 Å². The van der Waals surface area contributed by atoms with Crippen LogP contribution in [-0.2, 0) is 20.8 Å². The first-order valence-electron chi connectivity index (χ1n) is 8.22. The van der Waals surface area contributed by atoms with E-state index in [2.05, 4.69) is 4.99 Å². The van der Waals surface area contributed by atoms with Crippen molar-refractivity contribution in [3.63, 3.8) is 0 Å². The van der Waals surface area contributed by atoms with Crippen LogP contribution in [0, 0.1) is 39.2 Å². The number of nitro groups is 1. The van der Waals surface area contributed by atoms with Crippen molar-refractivity contribution < 1.29 is 52.8 Å². The summed E-state index contributed by atoms with van der Waals surface area (Å²) in [5.74, 6) is -11.6. The summed E-state index contributed by atoms with van der Waals surface area (Å²) >= 11 is -0.826. The Bertz CT molecular complexity index is 1150. The zero-order valence-corrected chi connectivity index (χ0v) is 19.4. The average Bonchev–Trinajstić information content (AvgIpc) is 2.78. The van der Waals surface area contributed by atoms with Gasteiger partial charge in [0.15, 0.2) is 23.3 Å². The molecule has 0 saturated heterocycles. The Balaban J connectivity index is 0.00000114. The molecule has 0 unspecified atom stereocenters. The third kappa shape index (κ3) is 5.71. The SMILES string of the molecule is O=[N+]([O-])c1cc(C=Nc2c(F)c(F)c(F)c(F)c2F)c(O)c(-c2ccccc2)c1.[Cl][Zr][Cl]. The predicted octanol–water partition coefficient (Wildman–Crippen LogP) is 6.79. The molecular formula is C19H9Cl2F5N2O3Zr. The molecule has 5 nitrogen and oxygen atoms in total. The first kappa shape index (κ1) is 25.9. The van der Waals surface area contributed by atoms with E-state index in [9.17, 15) is 37.2 Å². The zero-order chi connectivity index (χ0) is 24.0. The Morgan fingerprint density at radius 3 is 1.94 bits per heavy atom. The second-order valence-electron chi connectivity index (χ2n) is 5.80. The van der Waals surface area contributed by atoms with Gasteiger partial charge in [-0.25, -0.2) is 26.9 Å². The summed E-state index contributed by atoms with van der Waals surface area (Å²) in [4.78, 5) is 13.6. The fourth-order valence-corrected chi connectivity index (χ4v) is 2.52. The Morgan fingerprint density at radius 2 is 1.44 bits per heavy atom. The quantitative estimate of drug-likeness (QED) is 0.0938. The average molecular weight is 570 g/mol. The standard InChI is InChI=1S/C19H9F5N2O3.2ClH.Zr/c20-13-14(21)16(23)18(17(24)15(13)22)25-8-10-6-11(26(28)29)7-12(19(10)27)9-4-2-1-3-5-9;;;/h1-8,27H;2*1H;/q;;;+2/p-2. The first-order chi connectivity index (χ1) is 15.1. The molecule has 0 aromatic heterocycles. The fraction of sp³-hybridized carbons (Fsp3) is 0. The van der Waals surface area contributed by atoms with E-state index in [0.717, 1.165) is 12.1 Å². The summed E-state index contributed by atoms with van der Waals surface area (Å²) in [6, 6.07) is 9.89. The van der Waals surface area contributed by atoms with Gasteiger partial charge in [-0.3, -0.25) is 10.1 Å². The van der Waals surface area contributed by atoms with Crippen molar-refractivity contribution in [2.45, 2.75) is 0 Å². The van der Waals surface area contributed by atoms with Gasteiger partial charge in [-0.1, -0.05) is 30.3 Å². The molecule has 0 aliphatic heterocycles. The predicted molar refractivity (Wildman–Crippen MR) is 105 cm³/mol. The van der Waals surface area contributed by atoms with E-state index < -0.39 is 72.0 Å². The number of non-ortho nitro benzene ring substituents is 1. The summed E-state index contributed by atoms with van der Waals surface area (Å²) < 4.78 is 67.2. The number of phenols is 1. The van der Waals surface area contributed by atoms with Crippen molar-refractivity contribution in [1.82, 2.24) is 0 Å². The molecule has 0 heterocycles. The molecule has 0 radical (unpaired) electrons. The normalized spacial score (nSPS) is 10.6. The molecule has 0 saturated carbocycles. The van der Waals surface area contributed by atoms with Crippen LogP contribution in [0.5, 0.6) is 5.75 Å². The minimum absolute atomic E-state index is 0.0126. The van der Waals surface area contributed by atoms with Crippen molar-refractivity contribution in [3.8, 4) is 16.9 Å². The molecule has 0 atom stereocenters. The van der Waals surface area contributed by atoms with E-state index in [0.29, 0.717) is 11.8 Å². The van der Waals surface area contributed by atoms with Gasteiger partial charge in [-0.15, -0.1) is 0 Å². The number of hydrogen-bond donors (Lipinski definition) is 1. The van der Waals surface area contributed by atoms with Crippen molar-refractivity contribution in [3.05, 3.63) is 87.2 Å². The van der Waals surface area contributed by atoms with Gasteiger partial charge in [0.25, 0.3) is 5.69 Å². The molecule has 0 spiro atoms. The molecule has 0 aliphatic carbocycles. The molecular weight excluding hydrogens is 561 g/mol. The van der Waals surface area contributed by atoms with E-state index in [1.54, 1.807) is 30.3 Å². The summed E-state index contributed by atoms with van der Waals surface area (Å²) in [5, 5.41) is 21.6. The molecule has 0 aliphatic rings. The number of nitrogens with zero attached hydrogens (tertiary/aromatic N) is 2. The number of aromatic hydroxyl groups is 1. The van der Waals surface area contributed by atoms with Crippen LogP contribution in [0.4, 0.5) is 33.3 Å². The van der Waals surface area contributed by atoms with Gasteiger partial charge in [0.2, 0.25) is 5.82 Å². The van der Waals surface area contributed by atoms with Crippen LogP contribution < -0.4 is 0 Å². The molecule has 166 valence electrons. The van der Waals surface area contributed by atoms with Crippen LogP contribution >= 0.6 is 17.0 Å². The Labute approximate surface area is 195 Å². The maximum atomic E-state index is 13.8. The molecule has 3 aromatic carbocycles. The number of hydrogen-bond acceptors (Lipinski definition) is 4. The van der Waals surface area contributed by atoms with Crippen LogP contribution in [0.25, 0.3) is 11.1 Å². The molecule has 3 rings (SSSR count). The first-order valence-corrected chi connectivity index (χ1v) is 14.6. The van der Waals surface area contributed by atoms with E-state index >= 15 is 0 Å². The van der Waals surface area contributed by atoms with Gasteiger partial charge >= 0.3 is 37.9 Å². The number of halogens is 7. The number of aliphatic imine (C=N–C) groups is 1. The van der Waals surface area contributed by atoms with Gasteiger partial charge in [0.05, 0.1) is 4.92 Å². The second kappa shape index (κ2) is 11.5. The number of rotatable bonds is 4. The van der Waals surface area contributed by atoms with E-state index in [4.69, 9.17) is 17.0 Å². The molecule has 3 aromatic rings. The van der Waals surface area contributed by atoms with Gasteiger partial charge in [-0.05, 0) is 5.56 Å². The topological polar surface area (TPSA) is 75.7 Å². The summed E-state index contributed by atoms with van der Waals surface area (Å²) in [6.45, 7) is 0. The molecule has 32 heavy (non-hydrogen) atoms. The van der Waals surface area contributed by atoms with E-state index in [-0.39, 0.29) is 11.1 Å². The fourth-order valence-electron chi connectivity index (χ4n) is 2.52. The maximum absolute atomic E-state index is 13.8. The van der Waals surface area contributed by atoms with Gasteiger partial charge in [-0.2, -0.15) is 0 Å². The zero-order valence-electron chi connectivity index (χ0n) is 15.4. The number of nitro benzene ring substituents is 1. The second-order valence-corrected chi connectivity index (χ2v) is 9.53. The van der Waals surface area contributed by atoms with Gasteiger partial charge in [0.1, 0.15) is 11.4 Å². The Morgan fingerprint density at radius 1 is 0.938 bits per heavy atom. The van der Waals surface area contributed by atoms with Crippen LogP contribution in [0.1, 0.15) is 5.56 Å². The summed E-state index contributed by atoms with van der Waals surface area (Å²) in [7, 11) is 9.87. The summed E-state index contributed by atoms with van der Waals surface area (Å²) in [6.07, 6.45) is 0.576. The van der Waals surface area contributed by atoms with Crippen molar-refractivity contribution in [1.29, 1.82) is 0 Å². The molecule has 13 heteroatoms. The van der Waals surface area contributed by atoms with Crippen LogP contribution in [0.15, 0.2) is 47.5 Å². The monoisotopic (exact) mass is 568 g/mol.